The van der Waals surface area contributed by atoms with Gasteiger partial charge in [-0.25, -0.2) is 0 Å². The molecule has 2 aromatic rings. The lowest BCUT2D eigenvalue weighted by molar-refractivity contribution is -0.963. The van der Waals surface area contributed by atoms with Gasteiger partial charge >= 0.3 is 0 Å². The van der Waals surface area contributed by atoms with Crippen molar-refractivity contribution in [2.24, 2.45) is 0 Å². The third kappa shape index (κ3) is 4.85. The highest BCUT2D eigenvalue weighted by atomic mass is 16.5. The van der Waals surface area contributed by atoms with Crippen LogP contribution in [0.4, 0.5) is 5.69 Å². The van der Waals surface area contributed by atoms with Gasteiger partial charge in [0.1, 0.15) is 6.54 Å². The van der Waals surface area contributed by atoms with Gasteiger partial charge in [-0.3, -0.25) is 0 Å². The highest BCUT2D eigenvalue weighted by Crippen LogP contribution is 2.27. The zero-order valence-corrected chi connectivity index (χ0v) is 17.8. The molecule has 156 valence electrons. The third-order valence-electron chi connectivity index (χ3n) is 6.70. The fourth-order valence-electron chi connectivity index (χ4n) is 4.99. The van der Waals surface area contributed by atoms with Gasteiger partial charge in [-0.05, 0) is 30.3 Å². The molecule has 0 saturated carbocycles. The van der Waals surface area contributed by atoms with Gasteiger partial charge in [0.15, 0.2) is 11.5 Å². The van der Waals surface area contributed by atoms with Crippen LogP contribution in [0.3, 0.4) is 0 Å². The minimum atomic E-state index is 0.809. The quantitative estimate of drug-likeness (QED) is 0.751. The molecule has 2 fully saturated rings. The Morgan fingerprint density at radius 2 is 1.55 bits per heavy atom. The number of hydrogen-bond donors (Lipinski definition) is 2. The maximum absolute atomic E-state index is 5.46. The van der Waals surface area contributed by atoms with Crippen LogP contribution in [-0.4, -0.2) is 59.5 Å². The zero-order chi connectivity index (χ0) is 20.1. The summed E-state index contributed by atoms with van der Waals surface area (Å²) in [4.78, 5) is 6.05. The van der Waals surface area contributed by atoms with Gasteiger partial charge in [-0.15, -0.1) is 0 Å². The highest BCUT2D eigenvalue weighted by Gasteiger charge is 2.32. The number of para-hydroxylation sites is 1. The van der Waals surface area contributed by atoms with E-state index in [9.17, 15) is 0 Å². The molecular weight excluding hydrogens is 362 g/mol. The first kappa shape index (κ1) is 20.0. The molecule has 0 atom stereocenters. The molecule has 5 nitrogen and oxygen atoms in total. The summed E-state index contributed by atoms with van der Waals surface area (Å²) in [6.07, 6.45) is 2.67. The van der Waals surface area contributed by atoms with E-state index in [2.05, 4.69) is 47.4 Å². The third-order valence-corrected chi connectivity index (χ3v) is 6.70. The van der Waals surface area contributed by atoms with Crippen LogP contribution in [-0.2, 0) is 6.54 Å². The van der Waals surface area contributed by atoms with Crippen molar-refractivity contribution in [1.82, 2.24) is 0 Å². The number of hydrogen-bond acceptors (Lipinski definition) is 3. The molecular formula is C24H35N3O2+2. The molecule has 2 aliphatic rings. The van der Waals surface area contributed by atoms with Gasteiger partial charge in [0.2, 0.25) is 0 Å². The maximum atomic E-state index is 5.46. The maximum Gasteiger partial charge on any atom is 0.161 e. The largest absolute Gasteiger partial charge is 0.493 e. The summed E-state index contributed by atoms with van der Waals surface area (Å²) in [7, 11) is 3.40. The molecule has 4 rings (SSSR count). The number of rotatable bonds is 6. The number of ether oxygens (including phenoxy) is 2. The van der Waals surface area contributed by atoms with Crippen molar-refractivity contribution in [2.75, 3.05) is 58.4 Å². The lowest BCUT2D eigenvalue weighted by Crippen LogP contribution is -3.21. The monoisotopic (exact) mass is 397 g/mol. The van der Waals surface area contributed by atoms with Crippen LogP contribution in [0.15, 0.2) is 48.5 Å². The van der Waals surface area contributed by atoms with E-state index in [0.717, 1.165) is 24.1 Å². The molecule has 2 saturated heterocycles. The van der Waals surface area contributed by atoms with E-state index in [1.165, 1.54) is 63.4 Å². The molecule has 2 aromatic carbocycles. The number of quaternary nitrogens is 2. The second-order valence-electron chi connectivity index (χ2n) is 8.37. The van der Waals surface area contributed by atoms with Crippen molar-refractivity contribution in [2.45, 2.75) is 25.4 Å². The number of nitrogens with one attached hydrogen (secondary N) is 2. The number of piperazine rings is 1. The molecule has 0 aromatic heterocycles. The molecule has 0 bridgehead atoms. The number of nitrogens with zero attached hydrogens (tertiary/aromatic N) is 1. The Bertz CT molecular complexity index is 767. The fourth-order valence-corrected chi connectivity index (χ4v) is 4.99. The number of anilines is 1. The summed E-state index contributed by atoms with van der Waals surface area (Å²) in [5, 5.41) is 0. The average Bonchev–Trinajstić information content (AvgIpc) is 2.80. The molecule has 0 spiro atoms. The van der Waals surface area contributed by atoms with Crippen molar-refractivity contribution in [3.63, 3.8) is 0 Å². The Hall–Kier alpha value is -2.24. The minimum Gasteiger partial charge on any atom is -0.493 e. The van der Waals surface area contributed by atoms with Crippen molar-refractivity contribution in [3.8, 4) is 11.5 Å². The van der Waals surface area contributed by atoms with Crippen LogP contribution in [0.2, 0.25) is 0 Å². The number of methoxy groups -OCH3 is 2. The zero-order valence-electron chi connectivity index (χ0n) is 17.8. The topological polar surface area (TPSA) is 30.6 Å². The molecule has 0 aliphatic carbocycles. The van der Waals surface area contributed by atoms with E-state index in [0.29, 0.717) is 0 Å². The number of piperidine rings is 1. The molecule has 2 N–H and O–H groups in total. The van der Waals surface area contributed by atoms with Crippen LogP contribution >= 0.6 is 0 Å². The molecule has 0 amide bonds. The first-order valence-electron chi connectivity index (χ1n) is 11.0. The van der Waals surface area contributed by atoms with Crippen LogP contribution in [0.1, 0.15) is 18.4 Å². The summed E-state index contributed by atoms with van der Waals surface area (Å²) in [6, 6.07) is 18.0. The fraction of sp³-hybridized carbons (Fsp3) is 0.500. The summed E-state index contributed by atoms with van der Waals surface area (Å²) in [5.74, 6) is 1.64. The van der Waals surface area contributed by atoms with E-state index in [-0.39, 0.29) is 0 Å². The van der Waals surface area contributed by atoms with E-state index in [4.69, 9.17) is 9.47 Å². The number of benzene rings is 2. The Morgan fingerprint density at radius 1 is 0.862 bits per heavy atom. The SMILES string of the molecule is COc1ccc(C[NH+]2CCC([NH+]3CCN(c4ccccc4)CC3)CC2)cc1OC. The first-order valence-corrected chi connectivity index (χ1v) is 11.0. The van der Waals surface area contributed by atoms with Gasteiger partial charge in [0.05, 0.1) is 59.5 Å². The second kappa shape index (κ2) is 9.51. The predicted octanol–water partition coefficient (Wildman–Crippen LogP) is 0.656. The van der Waals surface area contributed by atoms with Gasteiger partial charge < -0.3 is 24.2 Å². The molecule has 2 heterocycles. The van der Waals surface area contributed by atoms with E-state index in [1.807, 2.05) is 11.0 Å². The van der Waals surface area contributed by atoms with Crippen LogP contribution in [0.5, 0.6) is 11.5 Å². The second-order valence-corrected chi connectivity index (χ2v) is 8.37. The van der Waals surface area contributed by atoms with Crippen LogP contribution in [0.25, 0.3) is 0 Å². The molecule has 29 heavy (non-hydrogen) atoms. The van der Waals surface area contributed by atoms with E-state index >= 15 is 0 Å². The highest BCUT2D eigenvalue weighted by molar-refractivity contribution is 5.46. The van der Waals surface area contributed by atoms with Crippen molar-refractivity contribution in [1.29, 1.82) is 0 Å². The van der Waals surface area contributed by atoms with E-state index < -0.39 is 0 Å². The molecule has 2 aliphatic heterocycles. The Kier molecular flexibility index (Phi) is 6.57. The van der Waals surface area contributed by atoms with Crippen molar-refractivity contribution >= 4 is 5.69 Å². The minimum absolute atomic E-state index is 0.809. The van der Waals surface area contributed by atoms with Gasteiger partial charge in [-0.1, -0.05) is 18.2 Å². The first-order chi connectivity index (χ1) is 14.3. The molecule has 5 heteroatoms. The summed E-state index contributed by atoms with van der Waals surface area (Å²) in [6.45, 7) is 8.51. The lowest BCUT2D eigenvalue weighted by atomic mass is 10.0. The lowest BCUT2D eigenvalue weighted by Gasteiger charge is -2.39. The van der Waals surface area contributed by atoms with E-state index in [1.54, 1.807) is 19.1 Å². The number of likely N-dealkylation sites (tertiary alicyclic amines) is 1. The normalized spacial score (nSPS) is 23.0. The van der Waals surface area contributed by atoms with Crippen molar-refractivity contribution in [3.05, 3.63) is 54.1 Å². The van der Waals surface area contributed by atoms with Crippen LogP contribution < -0.4 is 24.2 Å². The average molecular weight is 398 g/mol. The Morgan fingerprint density at radius 3 is 2.21 bits per heavy atom. The van der Waals surface area contributed by atoms with Crippen LogP contribution in [0, 0.1) is 0 Å². The summed E-state index contributed by atoms with van der Waals surface area (Å²) < 4.78 is 10.8. The standard InChI is InChI=1S/C24H33N3O2/c1-28-23-9-8-20(18-24(23)29-2)19-25-12-10-22(11-13-25)27-16-14-26(15-17-27)21-6-4-3-5-7-21/h3-9,18,22H,10-17,19H2,1-2H3/p+2. The smallest absolute Gasteiger partial charge is 0.161 e. The predicted molar refractivity (Wildman–Crippen MR) is 116 cm³/mol. The van der Waals surface area contributed by atoms with Crippen molar-refractivity contribution < 1.29 is 19.3 Å². The Balaban J connectivity index is 1.25. The Labute approximate surface area is 174 Å². The summed E-state index contributed by atoms with van der Waals surface area (Å²) in [5.41, 5.74) is 2.71. The summed E-state index contributed by atoms with van der Waals surface area (Å²) >= 11 is 0. The van der Waals surface area contributed by atoms with Gasteiger partial charge in [0, 0.05) is 24.1 Å². The molecule has 0 unspecified atom stereocenters. The molecule has 0 radical (unpaired) electrons. The van der Waals surface area contributed by atoms with Gasteiger partial charge in [0.25, 0.3) is 0 Å². The van der Waals surface area contributed by atoms with Gasteiger partial charge in [-0.2, -0.15) is 0 Å².